The van der Waals surface area contributed by atoms with Gasteiger partial charge in [0.15, 0.2) is 5.13 Å². The molecule has 1 atom stereocenters. The number of nitrogens with two attached hydrogens (primary N) is 1. The Hall–Kier alpha value is -1.10. The topological polar surface area (TPSA) is 68.0 Å². The van der Waals surface area contributed by atoms with E-state index in [0.717, 1.165) is 11.7 Å². The second kappa shape index (κ2) is 4.81. The summed E-state index contributed by atoms with van der Waals surface area (Å²) in [5, 5.41) is 5.92. The lowest BCUT2D eigenvalue weighted by Crippen LogP contribution is -2.19. The molecule has 1 unspecified atom stereocenters. The lowest BCUT2D eigenvalue weighted by Gasteiger charge is -2.08. The number of nitrogens with zero attached hydrogens (tertiary/aromatic N) is 1. The van der Waals surface area contributed by atoms with Crippen LogP contribution in [0.25, 0.3) is 0 Å². The predicted molar refractivity (Wildman–Crippen MR) is 53.6 cm³/mol. The predicted octanol–water partition coefficient (Wildman–Crippen LogP) is 1.07. The largest absolute Gasteiger partial charge is 0.370 e. The van der Waals surface area contributed by atoms with E-state index < -0.39 is 0 Å². The molecule has 3 N–H and O–H groups in total. The highest BCUT2D eigenvalue weighted by Crippen LogP contribution is 2.11. The number of amides is 1. The van der Waals surface area contributed by atoms with Crippen LogP contribution in [0.1, 0.15) is 13.3 Å². The summed E-state index contributed by atoms with van der Waals surface area (Å²) >= 11 is 1.55. The van der Waals surface area contributed by atoms with Crippen LogP contribution in [0.4, 0.5) is 5.13 Å². The minimum atomic E-state index is -0.256. The Morgan fingerprint density at radius 1 is 1.85 bits per heavy atom. The molecule has 0 aliphatic carbocycles. The van der Waals surface area contributed by atoms with Crippen molar-refractivity contribution in [1.82, 2.24) is 4.98 Å². The van der Waals surface area contributed by atoms with E-state index in [1.54, 1.807) is 17.5 Å². The Morgan fingerprint density at radius 3 is 3.15 bits per heavy atom. The number of anilines is 1. The van der Waals surface area contributed by atoms with E-state index >= 15 is 0 Å². The number of carbonyl (C=O) groups is 1. The van der Waals surface area contributed by atoms with Crippen LogP contribution in [-0.2, 0) is 4.79 Å². The number of aromatic nitrogens is 1. The molecule has 4 nitrogen and oxygen atoms in total. The van der Waals surface area contributed by atoms with Crippen molar-refractivity contribution in [3.63, 3.8) is 0 Å². The molecule has 0 aromatic carbocycles. The third-order valence-corrected chi connectivity index (χ3v) is 2.31. The average molecular weight is 199 g/mol. The Balaban J connectivity index is 2.22. The van der Waals surface area contributed by atoms with Crippen molar-refractivity contribution in [2.45, 2.75) is 13.3 Å². The molecule has 0 spiro atoms. The van der Waals surface area contributed by atoms with Crippen molar-refractivity contribution < 1.29 is 4.79 Å². The average Bonchev–Trinajstić information content (AvgIpc) is 2.51. The molecule has 0 fully saturated rings. The Morgan fingerprint density at radius 2 is 2.62 bits per heavy atom. The standard InChI is InChI=1S/C8H13N3OS/c1-6(4-7(9)12)5-11-8-10-2-3-13-8/h2-3,6H,4-5H2,1H3,(H2,9,12)(H,10,11). The maximum atomic E-state index is 10.6. The second-order valence-electron chi connectivity index (χ2n) is 2.99. The molecule has 13 heavy (non-hydrogen) atoms. The number of carbonyl (C=O) groups excluding carboxylic acids is 1. The van der Waals surface area contributed by atoms with Gasteiger partial charge in [0.2, 0.25) is 5.91 Å². The SMILES string of the molecule is CC(CNc1nccs1)CC(N)=O. The smallest absolute Gasteiger partial charge is 0.217 e. The lowest BCUT2D eigenvalue weighted by molar-refractivity contribution is -0.118. The summed E-state index contributed by atoms with van der Waals surface area (Å²) in [7, 11) is 0. The van der Waals surface area contributed by atoms with Gasteiger partial charge < -0.3 is 11.1 Å². The van der Waals surface area contributed by atoms with Gasteiger partial charge in [-0.15, -0.1) is 11.3 Å². The summed E-state index contributed by atoms with van der Waals surface area (Å²) in [6, 6.07) is 0. The molecule has 5 heteroatoms. The zero-order chi connectivity index (χ0) is 9.68. The maximum absolute atomic E-state index is 10.6. The van der Waals surface area contributed by atoms with Gasteiger partial charge in [0.05, 0.1) is 0 Å². The van der Waals surface area contributed by atoms with Crippen LogP contribution in [0.3, 0.4) is 0 Å². The van der Waals surface area contributed by atoms with Crippen LogP contribution in [0.15, 0.2) is 11.6 Å². The van der Waals surface area contributed by atoms with E-state index in [0.29, 0.717) is 6.42 Å². The van der Waals surface area contributed by atoms with Gasteiger partial charge >= 0.3 is 0 Å². The zero-order valence-corrected chi connectivity index (χ0v) is 8.30. The normalized spacial score (nSPS) is 12.4. The van der Waals surface area contributed by atoms with Crippen molar-refractivity contribution in [3.05, 3.63) is 11.6 Å². The van der Waals surface area contributed by atoms with Gasteiger partial charge in [-0.25, -0.2) is 4.98 Å². The Labute approximate surface area is 81.2 Å². The highest BCUT2D eigenvalue weighted by molar-refractivity contribution is 7.13. The van der Waals surface area contributed by atoms with E-state index in [1.165, 1.54) is 0 Å². The molecule has 0 bridgehead atoms. The van der Waals surface area contributed by atoms with Crippen molar-refractivity contribution in [2.75, 3.05) is 11.9 Å². The fourth-order valence-electron chi connectivity index (χ4n) is 0.988. The Bertz CT molecular complexity index is 260. The summed E-state index contributed by atoms with van der Waals surface area (Å²) in [5.41, 5.74) is 5.06. The molecule has 72 valence electrons. The molecular formula is C8H13N3OS. The van der Waals surface area contributed by atoms with E-state index in [-0.39, 0.29) is 11.8 Å². The van der Waals surface area contributed by atoms with Gasteiger partial charge in [0.1, 0.15) is 0 Å². The van der Waals surface area contributed by atoms with Crippen molar-refractivity contribution >= 4 is 22.4 Å². The lowest BCUT2D eigenvalue weighted by atomic mass is 10.1. The molecule has 1 amide bonds. The minimum absolute atomic E-state index is 0.251. The molecule has 1 heterocycles. The monoisotopic (exact) mass is 199 g/mol. The van der Waals surface area contributed by atoms with Crippen LogP contribution in [0.5, 0.6) is 0 Å². The Kier molecular flexibility index (Phi) is 3.70. The third kappa shape index (κ3) is 3.89. The van der Waals surface area contributed by atoms with Crippen LogP contribution in [-0.4, -0.2) is 17.4 Å². The summed E-state index contributed by atoms with van der Waals surface area (Å²) in [4.78, 5) is 14.6. The zero-order valence-electron chi connectivity index (χ0n) is 7.49. The van der Waals surface area contributed by atoms with Gasteiger partial charge in [0.25, 0.3) is 0 Å². The van der Waals surface area contributed by atoms with Crippen molar-refractivity contribution in [2.24, 2.45) is 11.7 Å². The molecule has 0 radical (unpaired) electrons. The van der Waals surface area contributed by atoms with Gasteiger partial charge in [-0.05, 0) is 5.92 Å². The van der Waals surface area contributed by atoms with Gasteiger partial charge in [0, 0.05) is 24.5 Å². The first-order valence-electron chi connectivity index (χ1n) is 4.10. The van der Waals surface area contributed by atoms with Crippen molar-refractivity contribution in [3.8, 4) is 0 Å². The van der Waals surface area contributed by atoms with E-state index in [1.807, 2.05) is 12.3 Å². The molecule has 0 saturated heterocycles. The molecule has 0 aliphatic heterocycles. The van der Waals surface area contributed by atoms with Crippen LogP contribution in [0.2, 0.25) is 0 Å². The van der Waals surface area contributed by atoms with Crippen LogP contribution in [0, 0.1) is 5.92 Å². The van der Waals surface area contributed by atoms with Gasteiger partial charge in [-0.2, -0.15) is 0 Å². The second-order valence-corrected chi connectivity index (χ2v) is 3.89. The molecule has 1 aromatic heterocycles. The number of nitrogens with one attached hydrogen (secondary N) is 1. The highest BCUT2D eigenvalue weighted by Gasteiger charge is 2.05. The molecule has 0 saturated carbocycles. The number of rotatable bonds is 5. The molecule has 1 aromatic rings. The molecule has 1 rings (SSSR count). The molecule has 0 aliphatic rings. The van der Waals surface area contributed by atoms with E-state index in [4.69, 9.17) is 5.73 Å². The fourth-order valence-corrected chi connectivity index (χ4v) is 1.53. The minimum Gasteiger partial charge on any atom is -0.370 e. The molecular weight excluding hydrogens is 186 g/mol. The number of hydrogen-bond donors (Lipinski definition) is 2. The summed E-state index contributed by atoms with van der Waals surface area (Å²) < 4.78 is 0. The first-order chi connectivity index (χ1) is 6.18. The quantitative estimate of drug-likeness (QED) is 0.745. The first kappa shape index (κ1) is 9.98. The van der Waals surface area contributed by atoms with E-state index in [9.17, 15) is 4.79 Å². The van der Waals surface area contributed by atoms with E-state index in [2.05, 4.69) is 10.3 Å². The summed E-state index contributed by atoms with van der Waals surface area (Å²) in [6.07, 6.45) is 2.16. The van der Waals surface area contributed by atoms with Crippen LogP contribution < -0.4 is 11.1 Å². The highest BCUT2D eigenvalue weighted by atomic mass is 32.1. The summed E-state index contributed by atoms with van der Waals surface area (Å²) in [6.45, 7) is 2.71. The first-order valence-corrected chi connectivity index (χ1v) is 4.98. The summed E-state index contributed by atoms with van der Waals surface area (Å²) in [5.74, 6) is -0.00478. The number of hydrogen-bond acceptors (Lipinski definition) is 4. The number of thiazole rings is 1. The van der Waals surface area contributed by atoms with Crippen molar-refractivity contribution in [1.29, 1.82) is 0 Å². The number of primary amides is 1. The van der Waals surface area contributed by atoms with Gasteiger partial charge in [-0.1, -0.05) is 6.92 Å². The maximum Gasteiger partial charge on any atom is 0.217 e. The third-order valence-electron chi connectivity index (χ3n) is 1.58. The fraction of sp³-hybridized carbons (Fsp3) is 0.500. The van der Waals surface area contributed by atoms with Gasteiger partial charge in [-0.3, -0.25) is 4.79 Å². The van der Waals surface area contributed by atoms with Crippen LogP contribution >= 0.6 is 11.3 Å².